The molecule has 4 aromatic carbocycles. The van der Waals surface area contributed by atoms with Gasteiger partial charge in [0.2, 0.25) is 0 Å². The minimum Gasteiger partial charge on any atom is -0.399 e. The first-order valence-electron chi connectivity index (χ1n) is 15.4. The molecule has 2 heteroatoms. The maximum Gasteiger partial charge on any atom is 0.0314 e. The number of nitrogen functional groups attached to an aromatic ring is 2. The van der Waals surface area contributed by atoms with E-state index in [1.165, 1.54) is 95.9 Å². The molecule has 210 valence electrons. The van der Waals surface area contributed by atoms with Crippen LogP contribution in [0.2, 0.25) is 0 Å². The molecule has 0 aliphatic heterocycles. The Morgan fingerprint density at radius 1 is 0.400 bits per heavy atom. The average molecular weight is 533 g/mol. The van der Waals surface area contributed by atoms with E-state index in [2.05, 4.69) is 74.5 Å². The van der Waals surface area contributed by atoms with Crippen LogP contribution in [-0.4, -0.2) is 0 Å². The predicted octanol–water partition coefficient (Wildman–Crippen LogP) is 9.28. The second-order valence-corrected chi connectivity index (χ2v) is 11.5. The molecule has 4 rings (SSSR count). The summed E-state index contributed by atoms with van der Waals surface area (Å²) >= 11 is 0. The highest BCUT2D eigenvalue weighted by Gasteiger charge is 2.08. The van der Waals surface area contributed by atoms with Gasteiger partial charge in [-0.25, -0.2) is 0 Å². The van der Waals surface area contributed by atoms with Gasteiger partial charge in [0.25, 0.3) is 0 Å². The quantitative estimate of drug-likeness (QED) is 0.118. The van der Waals surface area contributed by atoms with Gasteiger partial charge in [0.05, 0.1) is 0 Å². The lowest BCUT2D eigenvalue weighted by molar-refractivity contribution is 0.639. The minimum atomic E-state index is 0.831. The van der Waals surface area contributed by atoms with Gasteiger partial charge >= 0.3 is 0 Å². The van der Waals surface area contributed by atoms with Crippen molar-refractivity contribution in [3.05, 3.63) is 129 Å². The molecule has 0 saturated heterocycles. The van der Waals surface area contributed by atoms with E-state index in [1.54, 1.807) is 0 Å². The molecule has 0 unspecified atom stereocenters. The second-order valence-electron chi connectivity index (χ2n) is 11.5. The van der Waals surface area contributed by atoms with Crippen LogP contribution in [0, 0.1) is 0 Å². The van der Waals surface area contributed by atoms with Crippen molar-refractivity contribution in [2.45, 2.75) is 90.9 Å². The smallest absolute Gasteiger partial charge is 0.0314 e. The number of aryl methyl sites for hydroxylation is 4. The van der Waals surface area contributed by atoms with E-state index in [4.69, 9.17) is 11.5 Å². The zero-order valence-electron chi connectivity index (χ0n) is 24.7. The largest absolute Gasteiger partial charge is 0.399 e. The van der Waals surface area contributed by atoms with Crippen molar-refractivity contribution in [2.24, 2.45) is 0 Å². The molecule has 0 atom stereocenters. The summed E-state index contributed by atoms with van der Waals surface area (Å²) in [6.45, 7) is 4.55. The van der Waals surface area contributed by atoms with Crippen molar-refractivity contribution in [1.29, 1.82) is 0 Å². The third-order valence-electron chi connectivity index (χ3n) is 8.01. The summed E-state index contributed by atoms with van der Waals surface area (Å²) in [5, 5.41) is 0. The fourth-order valence-corrected chi connectivity index (χ4v) is 5.74. The van der Waals surface area contributed by atoms with Gasteiger partial charge in [0.1, 0.15) is 0 Å². The summed E-state index contributed by atoms with van der Waals surface area (Å²) in [5.74, 6) is 0. The Balaban J connectivity index is 1.24. The molecule has 0 fully saturated rings. The molecule has 0 heterocycles. The van der Waals surface area contributed by atoms with Crippen LogP contribution in [-0.2, 0) is 38.5 Å². The maximum atomic E-state index is 5.87. The molecule has 0 amide bonds. The Morgan fingerprint density at radius 3 is 1.15 bits per heavy atom. The number of anilines is 2. The highest BCUT2D eigenvalue weighted by Crippen LogP contribution is 2.22. The molecule has 4 N–H and O–H groups in total. The van der Waals surface area contributed by atoms with E-state index in [9.17, 15) is 0 Å². The lowest BCUT2D eigenvalue weighted by atomic mass is 9.93. The van der Waals surface area contributed by atoms with Crippen molar-refractivity contribution in [3.63, 3.8) is 0 Å². The van der Waals surface area contributed by atoms with Crippen LogP contribution in [0.3, 0.4) is 0 Å². The number of hydrogen-bond acceptors (Lipinski definition) is 2. The van der Waals surface area contributed by atoms with Crippen LogP contribution in [0.25, 0.3) is 0 Å². The van der Waals surface area contributed by atoms with Crippen LogP contribution in [0.4, 0.5) is 11.4 Å². The molecule has 0 spiro atoms. The molecular weight excluding hydrogens is 484 g/mol. The van der Waals surface area contributed by atoms with Crippen molar-refractivity contribution < 1.29 is 0 Å². The number of hydrogen-bond donors (Lipinski definition) is 2. The predicted molar refractivity (Wildman–Crippen MR) is 174 cm³/mol. The summed E-state index contributed by atoms with van der Waals surface area (Å²) in [5.41, 5.74) is 25.0. The van der Waals surface area contributed by atoms with Gasteiger partial charge in [-0.3, -0.25) is 0 Å². The van der Waals surface area contributed by atoms with Gasteiger partial charge in [0, 0.05) is 11.4 Å². The number of rotatable bonds is 15. The molecule has 0 radical (unpaired) electrons. The summed E-state index contributed by atoms with van der Waals surface area (Å²) in [4.78, 5) is 0. The molecule has 0 aromatic heterocycles. The molecule has 0 bridgehead atoms. The van der Waals surface area contributed by atoms with Crippen LogP contribution in [0.15, 0.2) is 84.9 Å². The molecule has 0 saturated carbocycles. The van der Waals surface area contributed by atoms with Crippen LogP contribution >= 0.6 is 0 Å². The average Bonchev–Trinajstić information content (AvgIpc) is 2.96. The van der Waals surface area contributed by atoms with E-state index >= 15 is 0 Å². The van der Waals surface area contributed by atoms with E-state index in [0.717, 1.165) is 37.1 Å². The molecule has 40 heavy (non-hydrogen) atoms. The van der Waals surface area contributed by atoms with Gasteiger partial charge in [-0.1, -0.05) is 100 Å². The second kappa shape index (κ2) is 15.3. The Kier molecular flexibility index (Phi) is 11.3. The van der Waals surface area contributed by atoms with Crippen molar-refractivity contribution in [1.82, 2.24) is 0 Å². The summed E-state index contributed by atoms with van der Waals surface area (Å²) in [6, 6.07) is 31.0. The van der Waals surface area contributed by atoms with Gasteiger partial charge in [-0.15, -0.1) is 0 Å². The standard InChI is InChI=1S/C38H48N2/c1-3-9-33-25-29(13-19-35(33)27-31-15-21-37(39)22-16-31)11-7-5-6-8-12-30-14-20-36(34(26-30)10-4-2)28-32-17-23-38(40)24-18-32/h13-26H,3-12,27-28,39-40H2,1-2H3. The Morgan fingerprint density at radius 2 is 0.775 bits per heavy atom. The number of unbranched alkanes of at least 4 members (excludes halogenated alkanes) is 3. The number of benzene rings is 4. The molecule has 2 nitrogen and oxygen atoms in total. The first-order valence-corrected chi connectivity index (χ1v) is 15.4. The lowest BCUT2D eigenvalue weighted by Crippen LogP contribution is -1.99. The van der Waals surface area contributed by atoms with Gasteiger partial charge in [-0.05, 0) is 120 Å². The van der Waals surface area contributed by atoms with E-state index in [0.29, 0.717) is 0 Å². The highest BCUT2D eigenvalue weighted by molar-refractivity contribution is 5.43. The van der Waals surface area contributed by atoms with Crippen molar-refractivity contribution in [2.75, 3.05) is 11.5 Å². The molecule has 0 aliphatic rings. The van der Waals surface area contributed by atoms with Crippen molar-refractivity contribution in [3.8, 4) is 0 Å². The zero-order chi connectivity index (χ0) is 28.2. The fourth-order valence-electron chi connectivity index (χ4n) is 5.74. The van der Waals surface area contributed by atoms with Crippen LogP contribution in [0.5, 0.6) is 0 Å². The normalized spacial score (nSPS) is 11.2. The summed E-state index contributed by atoms with van der Waals surface area (Å²) in [6.07, 6.45) is 14.1. The molecule has 0 aliphatic carbocycles. The molecular formula is C38H48N2. The summed E-state index contributed by atoms with van der Waals surface area (Å²) < 4.78 is 0. The first-order chi connectivity index (χ1) is 19.5. The van der Waals surface area contributed by atoms with E-state index < -0.39 is 0 Å². The Bertz CT molecular complexity index is 1210. The minimum absolute atomic E-state index is 0.831. The Hall–Kier alpha value is -3.52. The van der Waals surface area contributed by atoms with Gasteiger partial charge < -0.3 is 11.5 Å². The Labute approximate surface area is 242 Å². The summed E-state index contributed by atoms with van der Waals surface area (Å²) in [7, 11) is 0. The van der Waals surface area contributed by atoms with E-state index in [-0.39, 0.29) is 0 Å². The number of nitrogens with two attached hydrogens (primary N) is 2. The van der Waals surface area contributed by atoms with Crippen LogP contribution < -0.4 is 11.5 Å². The maximum absolute atomic E-state index is 5.87. The zero-order valence-corrected chi connectivity index (χ0v) is 24.7. The first kappa shape index (κ1) is 29.5. The van der Waals surface area contributed by atoms with E-state index in [1.807, 2.05) is 24.3 Å². The van der Waals surface area contributed by atoms with Crippen LogP contribution in [0.1, 0.15) is 96.9 Å². The molecule has 4 aromatic rings. The highest BCUT2D eigenvalue weighted by atomic mass is 14.5. The fraction of sp³-hybridized carbons (Fsp3) is 0.368. The SMILES string of the molecule is CCCc1cc(CCCCCCc2ccc(Cc3ccc(N)cc3)c(CCC)c2)ccc1Cc1ccc(N)cc1. The van der Waals surface area contributed by atoms with Crippen molar-refractivity contribution >= 4 is 11.4 Å². The van der Waals surface area contributed by atoms with Gasteiger partial charge in [-0.2, -0.15) is 0 Å². The third kappa shape index (κ3) is 9.01. The monoisotopic (exact) mass is 532 g/mol. The van der Waals surface area contributed by atoms with Gasteiger partial charge in [0.15, 0.2) is 0 Å². The third-order valence-corrected chi connectivity index (χ3v) is 8.01. The topological polar surface area (TPSA) is 52.0 Å². The lowest BCUT2D eigenvalue weighted by Gasteiger charge is -2.13.